The lowest BCUT2D eigenvalue weighted by atomic mass is 10.2. The summed E-state index contributed by atoms with van der Waals surface area (Å²) in [6.07, 6.45) is 0. The van der Waals surface area contributed by atoms with Gasteiger partial charge in [-0.15, -0.1) is 10.2 Å². The minimum Gasteiger partial charge on any atom is -0.496 e. The summed E-state index contributed by atoms with van der Waals surface area (Å²) in [6.45, 7) is 2.42. The predicted molar refractivity (Wildman–Crippen MR) is 89.8 cm³/mol. The maximum Gasteiger partial charge on any atom is 0.251 e. The lowest BCUT2D eigenvalue weighted by Crippen LogP contribution is -2.01. The van der Waals surface area contributed by atoms with E-state index in [1.807, 2.05) is 49.4 Å². The molecule has 0 saturated carbocycles. The van der Waals surface area contributed by atoms with Gasteiger partial charge in [-0.05, 0) is 42.8 Å². The van der Waals surface area contributed by atoms with Crippen LogP contribution in [-0.2, 0) is 6.54 Å². The highest BCUT2D eigenvalue weighted by molar-refractivity contribution is 6.30. The summed E-state index contributed by atoms with van der Waals surface area (Å²) >= 11 is 5.95. The molecule has 0 atom stereocenters. The summed E-state index contributed by atoms with van der Waals surface area (Å²) in [4.78, 5) is 0. The average molecular weight is 330 g/mol. The zero-order valence-corrected chi connectivity index (χ0v) is 13.6. The number of methoxy groups -OCH3 is 1. The Kier molecular flexibility index (Phi) is 4.48. The highest BCUT2D eigenvalue weighted by Crippen LogP contribution is 2.28. The molecule has 0 aliphatic heterocycles. The monoisotopic (exact) mass is 329 g/mol. The van der Waals surface area contributed by atoms with E-state index in [2.05, 4.69) is 15.5 Å². The van der Waals surface area contributed by atoms with Gasteiger partial charge in [0, 0.05) is 10.7 Å². The molecule has 118 valence electrons. The number of nitrogens with one attached hydrogen (secondary N) is 1. The number of benzene rings is 2. The van der Waals surface area contributed by atoms with Crippen LogP contribution < -0.4 is 10.1 Å². The van der Waals surface area contributed by atoms with Crippen LogP contribution in [0.4, 0.5) is 5.69 Å². The molecule has 3 aromatic rings. The van der Waals surface area contributed by atoms with Gasteiger partial charge in [0.05, 0.1) is 19.2 Å². The fourth-order valence-corrected chi connectivity index (χ4v) is 2.48. The van der Waals surface area contributed by atoms with Gasteiger partial charge in [-0.1, -0.05) is 23.7 Å². The van der Waals surface area contributed by atoms with Crippen LogP contribution in [0.2, 0.25) is 5.02 Å². The van der Waals surface area contributed by atoms with Gasteiger partial charge < -0.3 is 14.5 Å². The van der Waals surface area contributed by atoms with E-state index in [9.17, 15) is 0 Å². The molecule has 1 aromatic heterocycles. The number of para-hydroxylation sites is 1. The van der Waals surface area contributed by atoms with E-state index >= 15 is 0 Å². The summed E-state index contributed by atoms with van der Waals surface area (Å²) in [5.41, 5.74) is 2.81. The molecule has 0 saturated heterocycles. The zero-order valence-electron chi connectivity index (χ0n) is 12.8. The molecule has 0 amide bonds. The highest BCUT2D eigenvalue weighted by atomic mass is 35.5. The van der Waals surface area contributed by atoms with Crippen LogP contribution in [0.25, 0.3) is 11.5 Å². The molecule has 0 unspecified atom stereocenters. The van der Waals surface area contributed by atoms with Gasteiger partial charge in [-0.3, -0.25) is 0 Å². The van der Waals surface area contributed by atoms with Crippen molar-refractivity contribution in [2.75, 3.05) is 12.4 Å². The van der Waals surface area contributed by atoms with Crippen molar-refractivity contribution in [2.24, 2.45) is 0 Å². The Morgan fingerprint density at radius 1 is 1.17 bits per heavy atom. The van der Waals surface area contributed by atoms with E-state index < -0.39 is 0 Å². The quantitative estimate of drug-likeness (QED) is 0.755. The van der Waals surface area contributed by atoms with Crippen molar-refractivity contribution in [2.45, 2.75) is 13.5 Å². The van der Waals surface area contributed by atoms with Crippen LogP contribution in [0.3, 0.4) is 0 Å². The predicted octanol–water partition coefficient (Wildman–Crippen LogP) is 4.32. The van der Waals surface area contributed by atoms with E-state index in [0.29, 0.717) is 29.1 Å². The lowest BCUT2D eigenvalue weighted by Gasteiger charge is -2.07. The molecule has 0 aliphatic rings. The number of rotatable bonds is 5. The third kappa shape index (κ3) is 3.46. The molecule has 0 spiro atoms. The van der Waals surface area contributed by atoms with E-state index in [1.54, 1.807) is 7.11 Å². The molecule has 0 bridgehead atoms. The zero-order chi connectivity index (χ0) is 16.2. The van der Waals surface area contributed by atoms with Gasteiger partial charge in [-0.2, -0.15) is 0 Å². The number of nitrogens with zero attached hydrogens (tertiary/aromatic N) is 2. The first-order valence-corrected chi connectivity index (χ1v) is 7.51. The van der Waals surface area contributed by atoms with E-state index in [1.165, 1.54) is 0 Å². The Morgan fingerprint density at radius 3 is 2.78 bits per heavy atom. The maximum absolute atomic E-state index is 5.95. The third-order valence-electron chi connectivity index (χ3n) is 3.42. The van der Waals surface area contributed by atoms with Crippen molar-refractivity contribution in [3.8, 4) is 17.2 Å². The van der Waals surface area contributed by atoms with Gasteiger partial charge in [0.25, 0.3) is 5.89 Å². The number of aryl methyl sites for hydroxylation is 1. The van der Waals surface area contributed by atoms with Crippen molar-refractivity contribution in [3.05, 3.63) is 58.9 Å². The number of halogens is 1. The fourth-order valence-electron chi connectivity index (χ4n) is 2.25. The molecule has 3 rings (SSSR count). The first-order chi connectivity index (χ1) is 11.2. The van der Waals surface area contributed by atoms with Gasteiger partial charge in [0.15, 0.2) is 0 Å². The molecule has 0 radical (unpaired) electrons. The number of ether oxygens (including phenoxy) is 1. The van der Waals surface area contributed by atoms with Gasteiger partial charge in [-0.25, -0.2) is 0 Å². The number of anilines is 1. The second-order valence-electron chi connectivity index (χ2n) is 5.01. The molecular formula is C17H16ClN3O2. The summed E-state index contributed by atoms with van der Waals surface area (Å²) in [7, 11) is 1.61. The lowest BCUT2D eigenvalue weighted by molar-refractivity contribution is 0.413. The molecule has 5 nitrogen and oxygen atoms in total. The first kappa shape index (κ1) is 15.4. The minimum atomic E-state index is 0.435. The minimum absolute atomic E-state index is 0.435. The van der Waals surface area contributed by atoms with Crippen LogP contribution in [0.5, 0.6) is 5.75 Å². The van der Waals surface area contributed by atoms with Crippen LogP contribution in [-0.4, -0.2) is 17.3 Å². The molecule has 0 aliphatic carbocycles. The molecule has 23 heavy (non-hydrogen) atoms. The fraction of sp³-hybridized carbons (Fsp3) is 0.176. The van der Waals surface area contributed by atoms with Crippen molar-refractivity contribution in [3.63, 3.8) is 0 Å². The van der Waals surface area contributed by atoms with E-state index in [-0.39, 0.29) is 0 Å². The maximum atomic E-state index is 5.95. The summed E-state index contributed by atoms with van der Waals surface area (Å²) in [6, 6.07) is 13.2. The summed E-state index contributed by atoms with van der Waals surface area (Å²) < 4.78 is 11.0. The highest BCUT2D eigenvalue weighted by Gasteiger charge is 2.13. The largest absolute Gasteiger partial charge is 0.496 e. The molecule has 0 fully saturated rings. The van der Waals surface area contributed by atoms with Gasteiger partial charge in [0.2, 0.25) is 5.89 Å². The summed E-state index contributed by atoms with van der Waals surface area (Å²) in [5, 5.41) is 12.1. The van der Waals surface area contributed by atoms with Crippen molar-refractivity contribution >= 4 is 17.3 Å². The van der Waals surface area contributed by atoms with Gasteiger partial charge >= 0.3 is 0 Å². The van der Waals surface area contributed by atoms with Crippen molar-refractivity contribution in [1.29, 1.82) is 0 Å². The van der Waals surface area contributed by atoms with Crippen LogP contribution in [0, 0.1) is 6.92 Å². The van der Waals surface area contributed by atoms with Crippen LogP contribution >= 0.6 is 11.6 Å². The molecule has 1 N–H and O–H groups in total. The normalized spacial score (nSPS) is 10.6. The number of hydrogen-bond donors (Lipinski definition) is 1. The Bertz CT molecular complexity index is 817. The smallest absolute Gasteiger partial charge is 0.251 e. The van der Waals surface area contributed by atoms with Crippen LogP contribution in [0.15, 0.2) is 46.9 Å². The third-order valence-corrected chi connectivity index (χ3v) is 3.66. The van der Waals surface area contributed by atoms with E-state index in [4.69, 9.17) is 20.8 Å². The first-order valence-electron chi connectivity index (χ1n) is 7.13. The Labute approximate surface area is 139 Å². The molecule has 2 aromatic carbocycles. The topological polar surface area (TPSA) is 60.2 Å². The number of hydrogen-bond acceptors (Lipinski definition) is 5. The second kappa shape index (κ2) is 6.71. The van der Waals surface area contributed by atoms with Crippen molar-refractivity contribution < 1.29 is 9.15 Å². The SMILES string of the molecule is COc1ccccc1-c1nnc(CNc2ccc(Cl)cc2C)o1. The van der Waals surface area contributed by atoms with Gasteiger partial charge in [0.1, 0.15) is 5.75 Å². The number of aromatic nitrogens is 2. The van der Waals surface area contributed by atoms with Crippen molar-refractivity contribution in [1.82, 2.24) is 10.2 Å². The Balaban J connectivity index is 1.75. The average Bonchev–Trinajstić information content (AvgIpc) is 3.03. The van der Waals surface area contributed by atoms with Crippen LogP contribution in [0.1, 0.15) is 11.5 Å². The Morgan fingerprint density at radius 2 is 2.00 bits per heavy atom. The molecular weight excluding hydrogens is 314 g/mol. The summed E-state index contributed by atoms with van der Waals surface area (Å²) in [5.74, 6) is 1.64. The standard InChI is InChI=1S/C17H16ClN3O2/c1-11-9-12(18)7-8-14(11)19-10-16-20-21-17(23-16)13-5-3-4-6-15(13)22-2/h3-9,19H,10H2,1-2H3. The molecule has 1 heterocycles. The molecule has 6 heteroatoms. The van der Waals surface area contributed by atoms with E-state index in [0.717, 1.165) is 16.8 Å². The second-order valence-corrected chi connectivity index (χ2v) is 5.45. The Hall–Kier alpha value is -2.53.